The van der Waals surface area contributed by atoms with E-state index in [1.807, 2.05) is 19.1 Å². The van der Waals surface area contributed by atoms with Crippen molar-refractivity contribution in [3.8, 4) is 17.2 Å². The van der Waals surface area contributed by atoms with Crippen LogP contribution < -0.4 is 14.2 Å². The minimum atomic E-state index is 0.336. The summed E-state index contributed by atoms with van der Waals surface area (Å²) in [7, 11) is 3.28. The van der Waals surface area contributed by atoms with Crippen LogP contribution in [-0.4, -0.2) is 33.5 Å². The fraction of sp³-hybridized carbons (Fsp3) is 0.600. The number of ether oxygens (including phenoxy) is 4. The van der Waals surface area contributed by atoms with E-state index in [-0.39, 0.29) is 0 Å². The Balaban J connectivity index is 2.00. The third kappa shape index (κ3) is 3.53. The van der Waals surface area contributed by atoms with Gasteiger partial charge in [0.1, 0.15) is 0 Å². The molecule has 1 aliphatic heterocycles. The van der Waals surface area contributed by atoms with Crippen LogP contribution in [0.25, 0.3) is 0 Å². The van der Waals surface area contributed by atoms with Crippen molar-refractivity contribution in [1.29, 1.82) is 0 Å². The minimum absolute atomic E-state index is 0.336. The Morgan fingerprint density at radius 1 is 1.21 bits per heavy atom. The van der Waals surface area contributed by atoms with Crippen LogP contribution in [0, 0.1) is 6.92 Å². The summed E-state index contributed by atoms with van der Waals surface area (Å²) in [5, 5.41) is 0. The number of benzene rings is 1. The largest absolute Gasteiger partial charge is 0.493 e. The second-order valence-corrected chi connectivity index (χ2v) is 4.77. The molecule has 0 N–H and O–H groups in total. The molecule has 1 saturated heterocycles. The lowest BCUT2D eigenvalue weighted by molar-refractivity contribution is 0.0893. The first kappa shape index (κ1) is 14.0. The molecule has 2 rings (SSSR count). The zero-order chi connectivity index (χ0) is 13.7. The molecule has 0 amide bonds. The van der Waals surface area contributed by atoms with Gasteiger partial charge in [-0.1, -0.05) is 0 Å². The lowest BCUT2D eigenvalue weighted by Gasteiger charge is -2.16. The Bertz CT molecular complexity index is 386. The van der Waals surface area contributed by atoms with Gasteiger partial charge < -0.3 is 18.9 Å². The first-order valence-corrected chi connectivity index (χ1v) is 6.71. The van der Waals surface area contributed by atoms with Crippen LogP contribution in [0.5, 0.6) is 17.2 Å². The number of hydrogen-bond acceptors (Lipinski definition) is 4. The molecular formula is C15H22O4. The predicted molar refractivity (Wildman–Crippen MR) is 73.4 cm³/mol. The Kier molecular flexibility index (Phi) is 4.91. The van der Waals surface area contributed by atoms with E-state index >= 15 is 0 Å². The number of methoxy groups -OCH3 is 2. The zero-order valence-electron chi connectivity index (χ0n) is 11.9. The van der Waals surface area contributed by atoms with Crippen molar-refractivity contribution in [3.05, 3.63) is 17.7 Å². The topological polar surface area (TPSA) is 36.9 Å². The molecule has 1 fully saturated rings. The summed E-state index contributed by atoms with van der Waals surface area (Å²) in [6.45, 7) is 3.49. The van der Waals surface area contributed by atoms with E-state index < -0.39 is 0 Å². The number of hydrogen-bond donors (Lipinski definition) is 0. The summed E-state index contributed by atoms with van der Waals surface area (Å²) in [6.07, 6.45) is 3.52. The second kappa shape index (κ2) is 6.66. The molecule has 0 bridgehead atoms. The van der Waals surface area contributed by atoms with Crippen molar-refractivity contribution >= 4 is 0 Å². The fourth-order valence-electron chi connectivity index (χ4n) is 2.32. The molecule has 0 unspecified atom stereocenters. The van der Waals surface area contributed by atoms with Crippen LogP contribution >= 0.6 is 0 Å². The monoisotopic (exact) mass is 266 g/mol. The summed E-state index contributed by atoms with van der Waals surface area (Å²) in [5.41, 5.74) is 1.08. The molecule has 0 aromatic heterocycles. The predicted octanol–water partition coefficient (Wildman–Crippen LogP) is 2.96. The highest BCUT2D eigenvalue weighted by molar-refractivity contribution is 5.53. The molecule has 19 heavy (non-hydrogen) atoms. The van der Waals surface area contributed by atoms with Gasteiger partial charge in [-0.2, -0.15) is 0 Å². The summed E-state index contributed by atoms with van der Waals surface area (Å²) in [4.78, 5) is 0. The lowest BCUT2D eigenvalue weighted by Crippen LogP contribution is -2.11. The SMILES string of the molecule is COc1cc(C)cc(OC)c1OCC[C@@H]1CCCO1. The third-order valence-corrected chi connectivity index (χ3v) is 3.32. The van der Waals surface area contributed by atoms with E-state index in [1.54, 1.807) is 14.2 Å². The van der Waals surface area contributed by atoms with Gasteiger partial charge >= 0.3 is 0 Å². The average molecular weight is 266 g/mol. The van der Waals surface area contributed by atoms with Crippen LogP contribution in [0.2, 0.25) is 0 Å². The fourth-order valence-corrected chi connectivity index (χ4v) is 2.32. The van der Waals surface area contributed by atoms with E-state index in [9.17, 15) is 0 Å². The van der Waals surface area contributed by atoms with Gasteiger partial charge in [-0.25, -0.2) is 0 Å². The Labute approximate surface area is 114 Å². The van der Waals surface area contributed by atoms with Gasteiger partial charge in [0.05, 0.1) is 26.9 Å². The Hall–Kier alpha value is -1.42. The zero-order valence-corrected chi connectivity index (χ0v) is 11.9. The van der Waals surface area contributed by atoms with Gasteiger partial charge in [0.2, 0.25) is 5.75 Å². The molecule has 1 atom stereocenters. The van der Waals surface area contributed by atoms with E-state index in [0.29, 0.717) is 30.0 Å². The first-order chi connectivity index (χ1) is 9.24. The summed E-state index contributed by atoms with van der Waals surface area (Å²) < 4.78 is 22.1. The molecule has 1 heterocycles. The minimum Gasteiger partial charge on any atom is -0.493 e. The van der Waals surface area contributed by atoms with E-state index in [0.717, 1.165) is 31.4 Å². The normalized spacial score (nSPS) is 18.4. The molecule has 4 heteroatoms. The Morgan fingerprint density at radius 2 is 1.89 bits per heavy atom. The van der Waals surface area contributed by atoms with Gasteiger partial charge in [-0.05, 0) is 37.5 Å². The van der Waals surface area contributed by atoms with Gasteiger partial charge in [0.15, 0.2) is 11.5 Å². The van der Waals surface area contributed by atoms with Crippen LogP contribution in [0.3, 0.4) is 0 Å². The standard InChI is InChI=1S/C15H22O4/c1-11-9-13(16-2)15(14(10-11)17-3)19-8-6-12-5-4-7-18-12/h9-10,12H,4-8H2,1-3H3/t12-/m0/s1. The van der Waals surface area contributed by atoms with Crippen molar-refractivity contribution in [2.45, 2.75) is 32.3 Å². The molecule has 0 aliphatic carbocycles. The molecule has 0 radical (unpaired) electrons. The van der Waals surface area contributed by atoms with Crippen molar-refractivity contribution in [2.24, 2.45) is 0 Å². The second-order valence-electron chi connectivity index (χ2n) is 4.77. The maximum atomic E-state index is 5.84. The summed E-state index contributed by atoms with van der Waals surface area (Å²) in [6, 6.07) is 3.90. The molecule has 1 aliphatic rings. The lowest BCUT2D eigenvalue weighted by atomic mass is 10.2. The maximum Gasteiger partial charge on any atom is 0.203 e. The quantitative estimate of drug-likeness (QED) is 0.793. The number of rotatable bonds is 6. The molecule has 0 saturated carbocycles. The van der Waals surface area contributed by atoms with Crippen LogP contribution in [0.15, 0.2) is 12.1 Å². The molecule has 1 aromatic carbocycles. The van der Waals surface area contributed by atoms with Crippen molar-refractivity contribution in [3.63, 3.8) is 0 Å². The molecule has 0 spiro atoms. The van der Waals surface area contributed by atoms with Crippen LogP contribution in [0.1, 0.15) is 24.8 Å². The summed E-state index contributed by atoms with van der Waals surface area (Å²) >= 11 is 0. The Morgan fingerprint density at radius 3 is 2.42 bits per heavy atom. The van der Waals surface area contributed by atoms with Crippen molar-refractivity contribution in [1.82, 2.24) is 0 Å². The van der Waals surface area contributed by atoms with E-state index in [2.05, 4.69) is 0 Å². The van der Waals surface area contributed by atoms with Gasteiger partial charge in [-0.15, -0.1) is 0 Å². The van der Waals surface area contributed by atoms with Crippen LogP contribution in [0.4, 0.5) is 0 Å². The highest BCUT2D eigenvalue weighted by Gasteiger charge is 2.17. The summed E-state index contributed by atoms with van der Waals surface area (Å²) in [5.74, 6) is 2.10. The van der Waals surface area contributed by atoms with Crippen molar-refractivity contribution in [2.75, 3.05) is 27.4 Å². The van der Waals surface area contributed by atoms with E-state index in [1.165, 1.54) is 0 Å². The van der Waals surface area contributed by atoms with Gasteiger partial charge in [0.25, 0.3) is 0 Å². The highest BCUT2D eigenvalue weighted by atomic mass is 16.5. The molecule has 106 valence electrons. The smallest absolute Gasteiger partial charge is 0.203 e. The van der Waals surface area contributed by atoms with Crippen LogP contribution in [-0.2, 0) is 4.74 Å². The van der Waals surface area contributed by atoms with Gasteiger partial charge in [-0.3, -0.25) is 0 Å². The number of aryl methyl sites for hydroxylation is 1. The van der Waals surface area contributed by atoms with Crippen molar-refractivity contribution < 1.29 is 18.9 Å². The third-order valence-electron chi connectivity index (χ3n) is 3.32. The van der Waals surface area contributed by atoms with Gasteiger partial charge in [0, 0.05) is 13.0 Å². The van der Waals surface area contributed by atoms with E-state index in [4.69, 9.17) is 18.9 Å². The highest BCUT2D eigenvalue weighted by Crippen LogP contribution is 2.38. The maximum absolute atomic E-state index is 5.84. The molecule has 4 nitrogen and oxygen atoms in total. The first-order valence-electron chi connectivity index (χ1n) is 6.71. The average Bonchev–Trinajstić information content (AvgIpc) is 2.92. The molecular weight excluding hydrogens is 244 g/mol. The molecule has 1 aromatic rings.